The zero-order valence-corrected chi connectivity index (χ0v) is 26.9. The Kier molecular flexibility index (Phi) is 21.4. The van der Waals surface area contributed by atoms with Crippen molar-refractivity contribution in [2.75, 3.05) is 32.0 Å². The number of rotatable bonds is 16. The standard InChI is InChI=1S/C26H34N4O7.C4H11N.CH3NO/c1-17(2)25(29-21(32)7-5-4-6-14-30-23(34)12-13-24(30)35)26(36)27-15-22(33)28-20-10-8-19(9-11-20)16-37-18(3)31;1-3-4-5-2;2-1-3/h8-13,17,25H,4-7,14-16H2,1-3H3,(H,27,36)(H,28,33)(H,29,32);5H,3-4H2,1-2H3;1H,(H2,2,3). The van der Waals surface area contributed by atoms with Crippen molar-refractivity contribution < 1.29 is 38.3 Å². The van der Waals surface area contributed by atoms with Gasteiger partial charge in [0.05, 0.1) is 6.54 Å². The summed E-state index contributed by atoms with van der Waals surface area (Å²) in [4.78, 5) is 80.9. The predicted octanol–water partition coefficient (Wildman–Crippen LogP) is 1.15. The number of imide groups is 1. The minimum atomic E-state index is -0.799. The van der Waals surface area contributed by atoms with Gasteiger partial charge in [-0.2, -0.15) is 0 Å². The van der Waals surface area contributed by atoms with Crippen molar-refractivity contribution in [1.29, 1.82) is 0 Å². The van der Waals surface area contributed by atoms with Gasteiger partial charge in [0.15, 0.2) is 0 Å². The van der Waals surface area contributed by atoms with E-state index in [1.807, 2.05) is 7.05 Å². The van der Waals surface area contributed by atoms with Gasteiger partial charge in [0, 0.05) is 37.7 Å². The van der Waals surface area contributed by atoms with Gasteiger partial charge in [0.25, 0.3) is 11.8 Å². The summed E-state index contributed by atoms with van der Waals surface area (Å²) >= 11 is 0. The van der Waals surface area contributed by atoms with Crippen LogP contribution in [0.4, 0.5) is 5.69 Å². The van der Waals surface area contributed by atoms with Gasteiger partial charge in [0.1, 0.15) is 12.6 Å². The maximum atomic E-state index is 12.6. The van der Waals surface area contributed by atoms with Crippen LogP contribution in [0.15, 0.2) is 36.4 Å². The number of nitrogens with one attached hydrogen (secondary N) is 4. The van der Waals surface area contributed by atoms with Gasteiger partial charge < -0.3 is 31.7 Å². The molecule has 1 aromatic rings. The maximum absolute atomic E-state index is 12.6. The van der Waals surface area contributed by atoms with Crippen LogP contribution in [-0.2, 0) is 44.9 Å². The summed E-state index contributed by atoms with van der Waals surface area (Å²) < 4.78 is 4.91. The smallest absolute Gasteiger partial charge is 0.302 e. The second-order valence-electron chi connectivity index (χ2n) is 10.2. The Bertz CT molecular complexity index is 1120. The predicted molar refractivity (Wildman–Crippen MR) is 169 cm³/mol. The van der Waals surface area contributed by atoms with Crippen molar-refractivity contribution in [3.8, 4) is 0 Å². The van der Waals surface area contributed by atoms with E-state index in [-0.39, 0.29) is 55.6 Å². The van der Waals surface area contributed by atoms with E-state index in [1.54, 1.807) is 38.1 Å². The number of amides is 6. The Labute approximate surface area is 264 Å². The van der Waals surface area contributed by atoms with Gasteiger partial charge in [0.2, 0.25) is 24.1 Å². The number of anilines is 1. The van der Waals surface area contributed by atoms with Crippen LogP contribution in [0.2, 0.25) is 0 Å². The molecule has 6 amide bonds. The first-order valence-electron chi connectivity index (χ1n) is 14.8. The molecule has 14 nitrogen and oxygen atoms in total. The number of benzene rings is 1. The highest BCUT2D eigenvalue weighted by atomic mass is 16.5. The lowest BCUT2D eigenvalue weighted by atomic mass is 10.0. The highest BCUT2D eigenvalue weighted by Gasteiger charge is 2.25. The van der Waals surface area contributed by atoms with E-state index in [2.05, 4.69) is 33.9 Å². The average molecular weight is 633 g/mol. The highest BCUT2D eigenvalue weighted by Crippen LogP contribution is 2.11. The normalized spacial score (nSPS) is 12.3. The molecule has 0 radical (unpaired) electrons. The molecule has 0 spiro atoms. The third kappa shape index (κ3) is 18.6. The number of nitrogens with two attached hydrogens (primary N) is 1. The number of carbonyl (C=O) groups excluding carboxylic acids is 7. The van der Waals surface area contributed by atoms with E-state index in [9.17, 15) is 28.8 Å². The van der Waals surface area contributed by atoms with Gasteiger partial charge in [-0.15, -0.1) is 0 Å². The number of esters is 1. The van der Waals surface area contributed by atoms with Gasteiger partial charge in [-0.25, -0.2) is 0 Å². The lowest BCUT2D eigenvalue weighted by Crippen LogP contribution is -2.51. The van der Waals surface area contributed by atoms with Crippen molar-refractivity contribution in [2.45, 2.75) is 72.4 Å². The monoisotopic (exact) mass is 632 g/mol. The number of carbonyl (C=O) groups is 7. The molecule has 0 saturated carbocycles. The fourth-order valence-corrected chi connectivity index (χ4v) is 3.77. The summed E-state index contributed by atoms with van der Waals surface area (Å²) in [5.41, 5.74) is 5.46. The molecule has 1 atom stereocenters. The van der Waals surface area contributed by atoms with Crippen LogP contribution in [0.5, 0.6) is 0 Å². The summed E-state index contributed by atoms with van der Waals surface area (Å²) in [5.74, 6) is -2.41. The number of hydrogen-bond acceptors (Lipinski definition) is 9. The summed E-state index contributed by atoms with van der Waals surface area (Å²) in [6.07, 6.45) is 5.94. The fraction of sp³-hybridized carbons (Fsp3) is 0.516. The number of nitrogens with zero attached hydrogens (tertiary/aromatic N) is 1. The molecular weight excluding hydrogens is 584 g/mol. The van der Waals surface area contributed by atoms with E-state index in [4.69, 9.17) is 9.53 Å². The largest absolute Gasteiger partial charge is 0.461 e. The summed E-state index contributed by atoms with van der Waals surface area (Å²) in [7, 11) is 1.96. The molecule has 1 aliphatic rings. The van der Waals surface area contributed by atoms with Gasteiger partial charge in [-0.3, -0.25) is 38.5 Å². The molecule has 6 N–H and O–H groups in total. The summed E-state index contributed by atoms with van der Waals surface area (Å²) in [6.45, 7) is 8.38. The average Bonchev–Trinajstić information content (AvgIpc) is 3.31. The van der Waals surface area contributed by atoms with E-state index in [0.29, 0.717) is 31.5 Å². The first-order valence-corrected chi connectivity index (χ1v) is 14.8. The van der Waals surface area contributed by atoms with Crippen molar-refractivity contribution in [3.05, 3.63) is 42.0 Å². The SMILES string of the molecule is CC(=O)OCc1ccc(NC(=O)CNC(=O)C(NC(=O)CCCCCN2C(=O)C=CC2=O)C(C)C)cc1.CCCNC.NC=O. The maximum Gasteiger partial charge on any atom is 0.302 e. The van der Waals surface area contributed by atoms with E-state index < -0.39 is 17.9 Å². The first-order chi connectivity index (χ1) is 21.4. The molecule has 1 aliphatic heterocycles. The lowest BCUT2D eigenvalue weighted by Gasteiger charge is -2.21. The number of unbranched alkanes of at least 4 members (excludes halogenated alkanes) is 2. The Morgan fingerprint density at radius 3 is 2.07 bits per heavy atom. The minimum absolute atomic E-state index is 0.139. The van der Waals surface area contributed by atoms with Crippen LogP contribution in [-0.4, -0.2) is 79.5 Å². The Hall–Kier alpha value is -4.59. The van der Waals surface area contributed by atoms with Crippen LogP contribution in [0.3, 0.4) is 0 Å². The van der Waals surface area contributed by atoms with Crippen molar-refractivity contribution in [1.82, 2.24) is 20.9 Å². The zero-order chi connectivity index (χ0) is 34.2. The Morgan fingerprint density at radius 2 is 1.58 bits per heavy atom. The van der Waals surface area contributed by atoms with Crippen LogP contribution >= 0.6 is 0 Å². The Balaban J connectivity index is 0.00000215. The molecular formula is C31H48N6O8. The van der Waals surface area contributed by atoms with Crippen molar-refractivity contribution in [2.24, 2.45) is 11.7 Å². The quantitative estimate of drug-likeness (QED) is 0.0766. The van der Waals surface area contributed by atoms with Gasteiger partial charge in [-0.1, -0.05) is 39.3 Å². The molecule has 0 saturated heterocycles. The number of ether oxygens (including phenoxy) is 1. The molecule has 0 aromatic heterocycles. The second-order valence-corrected chi connectivity index (χ2v) is 10.2. The highest BCUT2D eigenvalue weighted by molar-refractivity contribution is 6.12. The Morgan fingerprint density at radius 1 is 0.978 bits per heavy atom. The minimum Gasteiger partial charge on any atom is -0.461 e. The summed E-state index contributed by atoms with van der Waals surface area (Å²) in [5, 5.41) is 10.9. The van der Waals surface area contributed by atoms with Crippen LogP contribution in [0.25, 0.3) is 0 Å². The summed E-state index contributed by atoms with van der Waals surface area (Å²) in [6, 6.07) is 5.95. The van der Waals surface area contributed by atoms with Crippen molar-refractivity contribution in [3.63, 3.8) is 0 Å². The third-order valence-corrected chi connectivity index (χ3v) is 6.05. The molecule has 1 heterocycles. The molecule has 2 rings (SSSR count). The van der Waals surface area contributed by atoms with E-state index in [0.717, 1.165) is 17.0 Å². The second kappa shape index (κ2) is 23.8. The number of hydrogen-bond donors (Lipinski definition) is 5. The van der Waals surface area contributed by atoms with Gasteiger partial charge >= 0.3 is 5.97 Å². The van der Waals surface area contributed by atoms with Crippen LogP contribution in [0.1, 0.15) is 65.4 Å². The first kappa shape index (κ1) is 40.4. The molecule has 14 heteroatoms. The van der Waals surface area contributed by atoms with Crippen LogP contribution < -0.4 is 27.0 Å². The molecule has 250 valence electrons. The molecule has 1 aromatic carbocycles. The van der Waals surface area contributed by atoms with E-state index in [1.165, 1.54) is 25.5 Å². The van der Waals surface area contributed by atoms with Gasteiger partial charge in [-0.05, 0) is 56.5 Å². The zero-order valence-electron chi connectivity index (χ0n) is 26.9. The molecule has 0 bridgehead atoms. The fourth-order valence-electron chi connectivity index (χ4n) is 3.77. The van der Waals surface area contributed by atoms with E-state index >= 15 is 0 Å². The molecule has 45 heavy (non-hydrogen) atoms. The molecule has 0 aliphatic carbocycles. The van der Waals surface area contributed by atoms with Crippen LogP contribution in [0, 0.1) is 5.92 Å². The number of primary amides is 1. The molecule has 0 fully saturated rings. The topological polar surface area (TPSA) is 206 Å². The lowest BCUT2D eigenvalue weighted by molar-refractivity contribution is -0.142. The van der Waals surface area contributed by atoms with Crippen molar-refractivity contribution >= 4 is 47.6 Å². The molecule has 1 unspecified atom stereocenters. The third-order valence-electron chi connectivity index (χ3n) is 6.05.